The highest BCUT2D eigenvalue weighted by Gasteiger charge is 2.27. The summed E-state index contributed by atoms with van der Waals surface area (Å²) in [4.78, 5) is 10.4. The van der Waals surface area contributed by atoms with Crippen LogP contribution in [0.4, 0.5) is 0 Å². The smallest absolute Gasteiger partial charge is 0.327 e. The highest BCUT2D eigenvalue weighted by Crippen LogP contribution is 2.28. The Balaban J connectivity index is 2.01. The van der Waals surface area contributed by atoms with Crippen LogP contribution in [0.1, 0.15) is 64.7 Å². The molecule has 0 aromatic heterocycles. The summed E-state index contributed by atoms with van der Waals surface area (Å²) in [6, 6.07) is 0. The third-order valence-electron chi connectivity index (χ3n) is 4.56. The van der Waals surface area contributed by atoms with Crippen molar-refractivity contribution < 1.29 is 19.4 Å². The third-order valence-corrected chi connectivity index (χ3v) is 4.56. The summed E-state index contributed by atoms with van der Waals surface area (Å²) in [7, 11) is 0. The van der Waals surface area contributed by atoms with Gasteiger partial charge in [-0.15, -0.1) is 0 Å². The molecule has 0 saturated carbocycles. The van der Waals surface area contributed by atoms with Crippen molar-refractivity contribution in [3.05, 3.63) is 12.2 Å². The summed E-state index contributed by atoms with van der Waals surface area (Å²) in [6.45, 7) is 5.74. The van der Waals surface area contributed by atoms with Crippen molar-refractivity contribution in [2.75, 3.05) is 26.4 Å². The normalized spacial score (nSPS) is 21.3. The number of carboxylic acid groups (broad SMARTS) is 1. The Labute approximate surface area is 141 Å². The predicted octanol–water partition coefficient (Wildman–Crippen LogP) is 4.44. The van der Waals surface area contributed by atoms with Crippen molar-refractivity contribution in [3.63, 3.8) is 0 Å². The Morgan fingerprint density at radius 3 is 2.61 bits per heavy atom. The number of allylic oxidation sites excluding steroid dienone is 1. The zero-order valence-electron chi connectivity index (χ0n) is 14.7. The fraction of sp³-hybridized carbons (Fsp3) is 0.842. The minimum Gasteiger partial charge on any atom is -0.478 e. The molecule has 2 unspecified atom stereocenters. The second-order valence-electron chi connectivity index (χ2n) is 6.54. The highest BCUT2D eigenvalue weighted by atomic mass is 16.5. The molecule has 2 atom stereocenters. The molecule has 0 radical (unpaired) electrons. The number of hydrogen-bond donors (Lipinski definition) is 1. The molecule has 1 rings (SSSR count). The molecule has 0 aromatic rings. The van der Waals surface area contributed by atoms with Crippen LogP contribution in [0.25, 0.3) is 0 Å². The number of carbonyl (C=O) groups is 1. The summed E-state index contributed by atoms with van der Waals surface area (Å²) < 4.78 is 11.4. The van der Waals surface area contributed by atoms with Gasteiger partial charge in [0.05, 0.1) is 0 Å². The summed E-state index contributed by atoms with van der Waals surface area (Å²) >= 11 is 0. The van der Waals surface area contributed by atoms with Gasteiger partial charge in [0.15, 0.2) is 0 Å². The first-order chi connectivity index (χ1) is 11.2. The second kappa shape index (κ2) is 13.6. The molecule has 1 aliphatic rings. The molecule has 1 heterocycles. The average molecular weight is 326 g/mol. The molecule has 0 amide bonds. The van der Waals surface area contributed by atoms with Crippen molar-refractivity contribution in [1.29, 1.82) is 0 Å². The molecule has 1 aliphatic heterocycles. The molecule has 1 fully saturated rings. The van der Waals surface area contributed by atoms with Gasteiger partial charge in [0.1, 0.15) is 0 Å². The molecule has 0 aromatic carbocycles. The van der Waals surface area contributed by atoms with Gasteiger partial charge in [0.2, 0.25) is 0 Å². The topological polar surface area (TPSA) is 55.8 Å². The Bertz CT molecular complexity index is 327. The predicted molar refractivity (Wildman–Crippen MR) is 92.6 cm³/mol. The van der Waals surface area contributed by atoms with Gasteiger partial charge in [-0.3, -0.25) is 0 Å². The Kier molecular flexibility index (Phi) is 11.9. The minimum atomic E-state index is -0.857. The zero-order chi connectivity index (χ0) is 16.8. The van der Waals surface area contributed by atoms with Crippen LogP contribution < -0.4 is 0 Å². The van der Waals surface area contributed by atoms with Crippen LogP contribution >= 0.6 is 0 Å². The van der Waals surface area contributed by atoms with E-state index in [0.717, 1.165) is 52.1 Å². The van der Waals surface area contributed by atoms with E-state index in [1.807, 2.05) is 0 Å². The maximum atomic E-state index is 10.4. The molecule has 134 valence electrons. The lowest BCUT2D eigenvalue weighted by Gasteiger charge is -2.17. The lowest BCUT2D eigenvalue weighted by molar-refractivity contribution is -0.131. The van der Waals surface area contributed by atoms with Gasteiger partial charge in [-0.1, -0.05) is 38.7 Å². The molecule has 0 spiro atoms. The second-order valence-corrected chi connectivity index (χ2v) is 6.54. The molecule has 1 saturated heterocycles. The van der Waals surface area contributed by atoms with Crippen molar-refractivity contribution in [3.8, 4) is 0 Å². The van der Waals surface area contributed by atoms with Crippen LogP contribution in [-0.4, -0.2) is 37.5 Å². The van der Waals surface area contributed by atoms with E-state index in [4.69, 9.17) is 14.6 Å². The molecular weight excluding hydrogens is 292 g/mol. The maximum Gasteiger partial charge on any atom is 0.327 e. The van der Waals surface area contributed by atoms with Crippen molar-refractivity contribution in [1.82, 2.24) is 0 Å². The third kappa shape index (κ3) is 10.5. The molecule has 4 heteroatoms. The maximum absolute atomic E-state index is 10.4. The van der Waals surface area contributed by atoms with E-state index < -0.39 is 5.97 Å². The van der Waals surface area contributed by atoms with Crippen molar-refractivity contribution >= 4 is 5.97 Å². The largest absolute Gasteiger partial charge is 0.478 e. The molecule has 4 nitrogen and oxygen atoms in total. The van der Waals surface area contributed by atoms with Crippen molar-refractivity contribution in [2.45, 2.75) is 64.7 Å². The lowest BCUT2D eigenvalue weighted by Crippen LogP contribution is -2.15. The fourth-order valence-corrected chi connectivity index (χ4v) is 3.10. The van der Waals surface area contributed by atoms with E-state index >= 15 is 0 Å². The number of unbranched alkanes of at least 4 members (excludes halogenated alkanes) is 5. The van der Waals surface area contributed by atoms with E-state index in [0.29, 0.717) is 11.8 Å². The Hall–Kier alpha value is -0.870. The number of hydrogen-bond acceptors (Lipinski definition) is 3. The zero-order valence-corrected chi connectivity index (χ0v) is 14.7. The standard InChI is InChI=1S/C19H34O4/c1-2-3-4-9-13-22-14-12-18-16-23-15-17(18)10-7-5-6-8-11-19(20)21/h8,11,17-18H,2-7,9-10,12-16H2,1H3,(H,20,21)/b11-8+. The monoisotopic (exact) mass is 326 g/mol. The quantitative estimate of drug-likeness (QED) is 0.379. The fourth-order valence-electron chi connectivity index (χ4n) is 3.10. The number of ether oxygens (including phenoxy) is 2. The van der Waals surface area contributed by atoms with E-state index in [9.17, 15) is 4.79 Å². The van der Waals surface area contributed by atoms with E-state index in [1.54, 1.807) is 6.08 Å². The number of aliphatic carboxylic acids is 1. The molecule has 23 heavy (non-hydrogen) atoms. The minimum absolute atomic E-state index is 0.639. The summed E-state index contributed by atoms with van der Waals surface area (Å²) in [5.74, 6) is 0.436. The van der Waals surface area contributed by atoms with Crippen LogP contribution in [0, 0.1) is 11.8 Å². The average Bonchev–Trinajstić information content (AvgIpc) is 2.97. The van der Waals surface area contributed by atoms with Gasteiger partial charge >= 0.3 is 5.97 Å². The summed E-state index contributed by atoms with van der Waals surface area (Å²) in [5, 5.41) is 8.53. The van der Waals surface area contributed by atoms with E-state index in [-0.39, 0.29) is 0 Å². The van der Waals surface area contributed by atoms with Gasteiger partial charge in [-0.05, 0) is 43.9 Å². The van der Waals surface area contributed by atoms with Crippen LogP contribution in [0.2, 0.25) is 0 Å². The van der Waals surface area contributed by atoms with Gasteiger partial charge in [0.25, 0.3) is 0 Å². The number of carboxylic acids is 1. The van der Waals surface area contributed by atoms with Crippen LogP contribution in [-0.2, 0) is 14.3 Å². The van der Waals surface area contributed by atoms with Gasteiger partial charge in [-0.2, -0.15) is 0 Å². The molecule has 1 N–H and O–H groups in total. The van der Waals surface area contributed by atoms with Gasteiger partial charge in [0, 0.05) is 32.5 Å². The molecular formula is C19H34O4. The van der Waals surface area contributed by atoms with Gasteiger partial charge < -0.3 is 14.6 Å². The summed E-state index contributed by atoms with van der Waals surface area (Å²) in [6.07, 6.45) is 13.4. The van der Waals surface area contributed by atoms with E-state index in [2.05, 4.69) is 6.92 Å². The first kappa shape index (κ1) is 20.2. The lowest BCUT2D eigenvalue weighted by atomic mass is 9.88. The van der Waals surface area contributed by atoms with Gasteiger partial charge in [-0.25, -0.2) is 4.79 Å². The SMILES string of the molecule is CCCCCCOCCC1COCC1CCCC/C=C/C(=O)O. The first-order valence-corrected chi connectivity index (χ1v) is 9.29. The highest BCUT2D eigenvalue weighted by molar-refractivity contribution is 5.79. The molecule has 0 aliphatic carbocycles. The van der Waals surface area contributed by atoms with Crippen LogP contribution in [0.3, 0.4) is 0 Å². The Morgan fingerprint density at radius 2 is 1.87 bits per heavy atom. The van der Waals surface area contributed by atoms with Crippen molar-refractivity contribution in [2.24, 2.45) is 11.8 Å². The number of rotatable bonds is 14. The van der Waals surface area contributed by atoms with Crippen LogP contribution in [0.5, 0.6) is 0 Å². The van der Waals surface area contributed by atoms with Crippen LogP contribution in [0.15, 0.2) is 12.2 Å². The Morgan fingerprint density at radius 1 is 1.09 bits per heavy atom. The summed E-state index contributed by atoms with van der Waals surface area (Å²) in [5.41, 5.74) is 0. The first-order valence-electron chi connectivity index (χ1n) is 9.29. The van der Waals surface area contributed by atoms with E-state index in [1.165, 1.54) is 38.2 Å². The molecule has 0 bridgehead atoms.